The number of carbonyl (C=O) groups is 2. The topological polar surface area (TPSA) is 101 Å². The normalized spacial score (nSPS) is 10.9. The number of benzene rings is 1. The number of amides is 1. The van der Waals surface area contributed by atoms with Gasteiger partial charge >= 0.3 is 0 Å². The molecule has 4 rings (SSSR count). The third kappa shape index (κ3) is 3.10. The summed E-state index contributed by atoms with van der Waals surface area (Å²) in [6, 6.07) is 10.8. The number of nitrogens with one attached hydrogen (secondary N) is 2. The molecule has 3 heterocycles. The minimum absolute atomic E-state index is 0.164. The summed E-state index contributed by atoms with van der Waals surface area (Å²) in [7, 11) is 0. The minimum atomic E-state index is -0.276. The molecule has 0 radical (unpaired) electrons. The molecule has 3 aromatic heterocycles. The molecule has 7 heteroatoms. The number of H-pyrrole nitrogens is 1. The van der Waals surface area contributed by atoms with Gasteiger partial charge in [-0.25, -0.2) is 4.98 Å². The molecule has 0 unspecified atom stereocenters. The van der Waals surface area contributed by atoms with Crippen LogP contribution in [0.3, 0.4) is 0 Å². The van der Waals surface area contributed by atoms with Crippen LogP contribution in [0, 0.1) is 6.92 Å². The van der Waals surface area contributed by atoms with E-state index in [1.54, 1.807) is 25.3 Å². The van der Waals surface area contributed by atoms with Crippen molar-refractivity contribution in [3.8, 4) is 11.1 Å². The molecule has 27 heavy (non-hydrogen) atoms. The summed E-state index contributed by atoms with van der Waals surface area (Å²) in [4.78, 5) is 31.8. The number of aryl methyl sites for hydroxylation is 1. The summed E-state index contributed by atoms with van der Waals surface area (Å²) in [5, 5.41) is 7.41. The maximum Gasteiger partial charge on any atom is 0.221 e. The van der Waals surface area contributed by atoms with E-state index in [-0.39, 0.29) is 17.4 Å². The Bertz CT molecular complexity index is 1170. The number of ketones is 1. The van der Waals surface area contributed by atoms with Crippen LogP contribution in [-0.2, 0) is 4.79 Å². The van der Waals surface area contributed by atoms with Gasteiger partial charge in [-0.1, -0.05) is 17.3 Å². The maximum atomic E-state index is 13.0. The van der Waals surface area contributed by atoms with E-state index in [1.165, 1.54) is 13.1 Å². The molecular formula is C20H16N4O3. The Labute approximate surface area is 154 Å². The third-order valence-corrected chi connectivity index (χ3v) is 4.16. The van der Waals surface area contributed by atoms with E-state index < -0.39 is 0 Å². The quantitative estimate of drug-likeness (QED) is 0.540. The number of hydrogen-bond donors (Lipinski definition) is 2. The maximum absolute atomic E-state index is 13.0. The summed E-state index contributed by atoms with van der Waals surface area (Å²) in [6.07, 6.45) is 3.30. The van der Waals surface area contributed by atoms with Gasteiger partial charge in [-0.3, -0.25) is 9.59 Å². The Kier molecular flexibility index (Phi) is 4.04. The Morgan fingerprint density at radius 3 is 2.78 bits per heavy atom. The molecular weight excluding hydrogens is 344 g/mol. The standard InChI is InChI=1S/C20H16N4O3/c1-11-8-17(24-27-11)19(26)16-10-22-20-15(6-7-21-20)18(16)13-4-3-5-14(9-13)23-12(2)25/h3-10H,1-2H3,(H,21,22)(H,23,25). The minimum Gasteiger partial charge on any atom is -0.361 e. The molecule has 0 saturated carbocycles. The number of aromatic nitrogens is 3. The number of nitrogens with zero attached hydrogens (tertiary/aromatic N) is 2. The van der Waals surface area contributed by atoms with Crippen LogP contribution in [0.2, 0.25) is 0 Å². The van der Waals surface area contributed by atoms with E-state index in [9.17, 15) is 9.59 Å². The van der Waals surface area contributed by atoms with E-state index >= 15 is 0 Å². The van der Waals surface area contributed by atoms with Crippen molar-refractivity contribution in [1.29, 1.82) is 0 Å². The fourth-order valence-corrected chi connectivity index (χ4v) is 3.06. The summed E-state index contributed by atoms with van der Waals surface area (Å²) in [5.74, 6) is 0.119. The Balaban J connectivity index is 1.92. The van der Waals surface area contributed by atoms with Crippen LogP contribution in [0.25, 0.3) is 22.2 Å². The Hall–Kier alpha value is -3.74. The second-order valence-electron chi connectivity index (χ2n) is 6.20. The first-order valence-corrected chi connectivity index (χ1v) is 8.35. The molecule has 0 atom stereocenters. The lowest BCUT2D eigenvalue weighted by atomic mass is 9.94. The predicted octanol–water partition coefficient (Wildman–Crippen LogP) is 3.72. The first kappa shape index (κ1) is 16.7. The van der Waals surface area contributed by atoms with Gasteiger partial charge in [0.25, 0.3) is 0 Å². The van der Waals surface area contributed by atoms with E-state index in [1.807, 2.05) is 24.3 Å². The zero-order valence-corrected chi connectivity index (χ0v) is 14.7. The number of hydrogen-bond acceptors (Lipinski definition) is 5. The number of rotatable bonds is 4. The molecule has 0 saturated heterocycles. The zero-order chi connectivity index (χ0) is 19.0. The lowest BCUT2D eigenvalue weighted by Crippen LogP contribution is -2.07. The van der Waals surface area contributed by atoms with Crippen LogP contribution in [0.1, 0.15) is 28.7 Å². The summed E-state index contributed by atoms with van der Waals surface area (Å²) < 4.78 is 5.04. The van der Waals surface area contributed by atoms with Gasteiger partial charge in [0.1, 0.15) is 11.4 Å². The molecule has 1 aromatic carbocycles. The molecule has 1 amide bonds. The second-order valence-corrected chi connectivity index (χ2v) is 6.20. The molecule has 0 spiro atoms. The van der Waals surface area contributed by atoms with Crippen molar-refractivity contribution in [2.24, 2.45) is 0 Å². The first-order chi connectivity index (χ1) is 13.0. The number of carbonyl (C=O) groups excluding carboxylic acids is 2. The smallest absolute Gasteiger partial charge is 0.221 e. The van der Waals surface area contributed by atoms with Gasteiger partial charge < -0.3 is 14.8 Å². The summed E-state index contributed by atoms with van der Waals surface area (Å²) in [5.41, 5.74) is 3.47. The van der Waals surface area contributed by atoms with Crippen molar-refractivity contribution in [3.05, 3.63) is 65.8 Å². The highest BCUT2D eigenvalue weighted by molar-refractivity contribution is 6.15. The SMILES string of the molecule is CC(=O)Nc1cccc(-c2c(C(=O)c3cc(C)on3)cnc3[nH]ccc23)c1. The van der Waals surface area contributed by atoms with Gasteiger partial charge in [-0.15, -0.1) is 0 Å². The van der Waals surface area contributed by atoms with Gasteiger partial charge in [0, 0.05) is 42.0 Å². The largest absolute Gasteiger partial charge is 0.361 e. The molecule has 2 N–H and O–H groups in total. The Morgan fingerprint density at radius 2 is 2.04 bits per heavy atom. The first-order valence-electron chi connectivity index (χ1n) is 8.35. The Morgan fingerprint density at radius 1 is 1.19 bits per heavy atom. The second kappa shape index (κ2) is 6.53. The van der Waals surface area contributed by atoms with E-state index in [4.69, 9.17) is 4.52 Å². The molecule has 4 aromatic rings. The van der Waals surface area contributed by atoms with Crippen molar-refractivity contribution < 1.29 is 14.1 Å². The van der Waals surface area contributed by atoms with Crippen LogP contribution in [0.15, 0.2) is 53.3 Å². The van der Waals surface area contributed by atoms with Crippen LogP contribution in [0.5, 0.6) is 0 Å². The van der Waals surface area contributed by atoms with Gasteiger partial charge in [0.15, 0.2) is 5.69 Å². The zero-order valence-electron chi connectivity index (χ0n) is 14.7. The average Bonchev–Trinajstić information content (AvgIpc) is 3.28. The van der Waals surface area contributed by atoms with Gasteiger partial charge in [0.2, 0.25) is 11.7 Å². The molecule has 0 aliphatic carbocycles. The van der Waals surface area contributed by atoms with E-state index in [0.717, 1.165) is 16.5 Å². The number of fused-ring (bicyclic) bond motifs is 1. The van der Waals surface area contributed by atoms with Crippen molar-refractivity contribution in [2.45, 2.75) is 13.8 Å². The highest BCUT2D eigenvalue weighted by Gasteiger charge is 2.21. The van der Waals surface area contributed by atoms with Crippen molar-refractivity contribution >= 4 is 28.4 Å². The van der Waals surface area contributed by atoms with Crippen LogP contribution in [0.4, 0.5) is 5.69 Å². The summed E-state index contributed by atoms with van der Waals surface area (Å²) in [6.45, 7) is 3.18. The molecule has 0 fully saturated rings. The number of anilines is 1. The van der Waals surface area contributed by atoms with Crippen LogP contribution >= 0.6 is 0 Å². The van der Waals surface area contributed by atoms with Gasteiger partial charge in [-0.2, -0.15) is 0 Å². The summed E-state index contributed by atoms with van der Waals surface area (Å²) >= 11 is 0. The molecule has 0 bridgehead atoms. The van der Waals surface area contributed by atoms with Crippen molar-refractivity contribution in [2.75, 3.05) is 5.32 Å². The van der Waals surface area contributed by atoms with Crippen molar-refractivity contribution in [3.63, 3.8) is 0 Å². The van der Waals surface area contributed by atoms with Gasteiger partial charge in [0.05, 0.1) is 5.56 Å². The molecule has 134 valence electrons. The molecule has 0 aliphatic rings. The average molecular weight is 360 g/mol. The molecule has 0 aliphatic heterocycles. The van der Waals surface area contributed by atoms with Gasteiger partial charge in [-0.05, 0) is 30.7 Å². The van der Waals surface area contributed by atoms with E-state index in [2.05, 4.69) is 20.4 Å². The fourth-order valence-electron chi connectivity index (χ4n) is 3.06. The monoisotopic (exact) mass is 360 g/mol. The fraction of sp³-hybridized carbons (Fsp3) is 0.100. The predicted molar refractivity (Wildman–Crippen MR) is 101 cm³/mol. The third-order valence-electron chi connectivity index (χ3n) is 4.16. The number of aromatic amines is 1. The lowest BCUT2D eigenvalue weighted by molar-refractivity contribution is -0.114. The van der Waals surface area contributed by atoms with Crippen LogP contribution in [-0.4, -0.2) is 26.8 Å². The van der Waals surface area contributed by atoms with Crippen molar-refractivity contribution in [1.82, 2.24) is 15.1 Å². The highest BCUT2D eigenvalue weighted by Crippen LogP contribution is 2.33. The van der Waals surface area contributed by atoms with E-state index in [0.29, 0.717) is 22.7 Å². The lowest BCUT2D eigenvalue weighted by Gasteiger charge is -2.11. The highest BCUT2D eigenvalue weighted by atomic mass is 16.5. The number of pyridine rings is 1. The molecule has 7 nitrogen and oxygen atoms in total. The van der Waals surface area contributed by atoms with Crippen LogP contribution < -0.4 is 5.32 Å².